The van der Waals surface area contributed by atoms with Gasteiger partial charge in [-0.05, 0) is 49.6 Å². The second-order valence-corrected chi connectivity index (χ2v) is 8.08. The van der Waals surface area contributed by atoms with Crippen molar-refractivity contribution in [3.8, 4) is 0 Å². The Morgan fingerprint density at radius 1 is 1.06 bits per heavy atom. The van der Waals surface area contributed by atoms with E-state index in [2.05, 4.69) is 15.7 Å². The van der Waals surface area contributed by atoms with Crippen molar-refractivity contribution in [3.05, 3.63) is 76.5 Å². The summed E-state index contributed by atoms with van der Waals surface area (Å²) in [5.74, 6) is -0.440. The van der Waals surface area contributed by atoms with E-state index in [4.69, 9.17) is 0 Å². The van der Waals surface area contributed by atoms with Crippen molar-refractivity contribution >= 4 is 17.4 Å². The zero-order valence-electron chi connectivity index (χ0n) is 17.4. The molecule has 0 radical (unpaired) electrons. The Kier molecular flexibility index (Phi) is 5.24. The molecule has 0 fully saturated rings. The minimum atomic E-state index is -4.49. The number of nitrogens with one attached hydrogen (secondary N) is 2. The molecule has 4 rings (SSSR count). The number of carbonyl (C=O) groups is 1. The number of anilines is 2. The molecule has 2 atom stereocenters. The molecule has 162 valence electrons. The summed E-state index contributed by atoms with van der Waals surface area (Å²) in [7, 11) is 0. The number of alkyl halides is 3. The Balaban J connectivity index is 1.69. The van der Waals surface area contributed by atoms with E-state index in [1.54, 1.807) is 0 Å². The highest BCUT2D eigenvalue weighted by molar-refractivity contribution is 6.07. The van der Waals surface area contributed by atoms with Crippen LogP contribution in [0.3, 0.4) is 0 Å². The average molecular weight is 428 g/mol. The van der Waals surface area contributed by atoms with E-state index in [0.29, 0.717) is 5.69 Å². The Bertz CT molecular complexity index is 1100. The highest BCUT2D eigenvalue weighted by Gasteiger charge is 2.47. The summed E-state index contributed by atoms with van der Waals surface area (Å²) >= 11 is 0. The van der Waals surface area contributed by atoms with Gasteiger partial charge in [-0.3, -0.25) is 4.79 Å². The van der Waals surface area contributed by atoms with Gasteiger partial charge in [0.1, 0.15) is 11.4 Å². The van der Waals surface area contributed by atoms with Crippen molar-refractivity contribution in [1.82, 2.24) is 9.78 Å². The van der Waals surface area contributed by atoms with Crippen LogP contribution in [-0.4, -0.2) is 21.9 Å². The SMILES string of the molecule is Cc1ccc(C2CC(C(F)(F)F)n3ncc(C(=O)Nc4cc(C)cc(C)c4)c3N2)cc1. The molecule has 2 aromatic carbocycles. The van der Waals surface area contributed by atoms with Crippen LogP contribution in [0.4, 0.5) is 24.7 Å². The third kappa shape index (κ3) is 4.28. The molecular weight excluding hydrogens is 405 g/mol. The molecule has 5 nitrogen and oxygen atoms in total. The van der Waals surface area contributed by atoms with Gasteiger partial charge in [0.05, 0.1) is 12.2 Å². The van der Waals surface area contributed by atoms with Crippen LogP contribution in [-0.2, 0) is 0 Å². The highest BCUT2D eigenvalue weighted by Crippen LogP contribution is 2.44. The Morgan fingerprint density at radius 3 is 2.32 bits per heavy atom. The van der Waals surface area contributed by atoms with Crippen LogP contribution in [0.2, 0.25) is 0 Å². The first-order valence-electron chi connectivity index (χ1n) is 9.99. The maximum Gasteiger partial charge on any atom is 0.410 e. The molecule has 2 N–H and O–H groups in total. The molecule has 0 saturated carbocycles. The first kappa shape index (κ1) is 21.0. The van der Waals surface area contributed by atoms with Gasteiger partial charge in [-0.1, -0.05) is 35.9 Å². The van der Waals surface area contributed by atoms with Gasteiger partial charge in [0.15, 0.2) is 6.04 Å². The minimum absolute atomic E-state index is 0.0704. The molecular formula is C23H23F3N4O. The normalized spacial score (nSPS) is 18.3. The monoisotopic (exact) mass is 428 g/mol. The van der Waals surface area contributed by atoms with Crippen molar-refractivity contribution in [2.45, 2.75) is 45.5 Å². The number of aryl methyl sites for hydroxylation is 3. The van der Waals surface area contributed by atoms with Crippen molar-refractivity contribution in [1.29, 1.82) is 0 Å². The van der Waals surface area contributed by atoms with E-state index in [1.807, 2.05) is 63.2 Å². The number of aromatic nitrogens is 2. The lowest BCUT2D eigenvalue weighted by Crippen LogP contribution is -2.36. The van der Waals surface area contributed by atoms with Gasteiger partial charge in [0.25, 0.3) is 5.91 Å². The number of carbonyl (C=O) groups excluding carboxylic acids is 1. The van der Waals surface area contributed by atoms with Crippen LogP contribution >= 0.6 is 0 Å². The topological polar surface area (TPSA) is 59.0 Å². The van der Waals surface area contributed by atoms with E-state index in [-0.39, 0.29) is 17.8 Å². The summed E-state index contributed by atoms with van der Waals surface area (Å²) in [6.07, 6.45) is -3.51. The molecule has 0 aliphatic carbocycles. The molecule has 0 saturated heterocycles. The van der Waals surface area contributed by atoms with E-state index in [9.17, 15) is 18.0 Å². The molecule has 1 aliphatic rings. The lowest BCUT2D eigenvalue weighted by atomic mass is 9.96. The fraction of sp³-hybridized carbons (Fsp3) is 0.304. The fourth-order valence-corrected chi connectivity index (χ4v) is 3.99. The predicted molar refractivity (Wildman–Crippen MR) is 113 cm³/mol. The summed E-state index contributed by atoms with van der Waals surface area (Å²) in [6, 6.07) is 10.5. The number of rotatable bonds is 3. The van der Waals surface area contributed by atoms with Gasteiger partial charge < -0.3 is 10.6 Å². The molecule has 2 unspecified atom stereocenters. The second-order valence-electron chi connectivity index (χ2n) is 8.08. The van der Waals surface area contributed by atoms with Crippen LogP contribution in [0.15, 0.2) is 48.7 Å². The lowest BCUT2D eigenvalue weighted by Gasteiger charge is -2.34. The number of hydrogen-bond acceptors (Lipinski definition) is 3. The van der Waals surface area contributed by atoms with Crippen LogP contribution in [0.25, 0.3) is 0 Å². The number of fused-ring (bicyclic) bond motifs is 1. The largest absolute Gasteiger partial charge is 0.410 e. The van der Waals surface area contributed by atoms with Gasteiger partial charge in [0, 0.05) is 12.1 Å². The third-order valence-electron chi connectivity index (χ3n) is 5.44. The van der Waals surface area contributed by atoms with Gasteiger partial charge >= 0.3 is 6.18 Å². The van der Waals surface area contributed by atoms with E-state index < -0.39 is 24.2 Å². The predicted octanol–water partition coefficient (Wildman–Crippen LogP) is 5.72. The van der Waals surface area contributed by atoms with Crippen LogP contribution in [0.5, 0.6) is 0 Å². The maximum atomic E-state index is 13.8. The van der Waals surface area contributed by atoms with Gasteiger partial charge in [0.2, 0.25) is 0 Å². The molecule has 0 spiro atoms. The van der Waals surface area contributed by atoms with Crippen molar-refractivity contribution in [2.75, 3.05) is 10.6 Å². The minimum Gasteiger partial charge on any atom is -0.363 e. The molecule has 2 heterocycles. The smallest absolute Gasteiger partial charge is 0.363 e. The average Bonchev–Trinajstić information content (AvgIpc) is 3.10. The molecule has 1 aliphatic heterocycles. The molecule has 3 aromatic rings. The highest BCUT2D eigenvalue weighted by atomic mass is 19.4. The number of halogens is 3. The maximum absolute atomic E-state index is 13.8. The third-order valence-corrected chi connectivity index (χ3v) is 5.44. The number of benzene rings is 2. The molecule has 1 amide bonds. The van der Waals surface area contributed by atoms with Crippen molar-refractivity contribution < 1.29 is 18.0 Å². The van der Waals surface area contributed by atoms with E-state index >= 15 is 0 Å². The van der Waals surface area contributed by atoms with Gasteiger partial charge in [-0.2, -0.15) is 18.3 Å². The van der Waals surface area contributed by atoms with Crippen LogP contribution < -0.4 is 10.6 Å². The number of amides is 1. The summed E-state index contributed by atoms with van der Waals surface area (Å²) in [6.45, 7) is 5.74. The molecule has 31 heavy (non-hydrogen) atoms. The summed E-state index contributed by atoms with van der Waals surface area (Å²) in [4.78, 5) is 12.9. The quantitative estimate of drug-likeness (QED) is 0.561. The van der Waals surface area contributed by atoms with Crippen LogP contribution in [0.1, 0.15) is 51.1 Å². The summed E-state index contributed by atoms with van der Waals surface area (Å²) in [5.41, 5.74) is 4.36. The van der Waals surface area contributed by atoms with E-state index in [1.165, 1.54) is 6.20 Å². The number of nitrogens with zero attached hydrogens (tertiary/aromatic N) is 2. The van der Waals surface area contributed by atoms with Crippen molar-refractivity contribution in [2.24, 2.45) is 0 Å². The molecule has 0 bridgehead atoms. The van der Waals surface area contributed by atoms with Crippen molar-refractivity contribution in [3.63, 3.8) is 0 Å². The Hall–Kier alpha value is -3.29. The second kappa shape index (κ2) is 7.76. The fourth-order valence-electron chi connectivity index (χ4n) is 3.99. The van der Waals surface area contributed by atoms with E-state index in [0.717, 1.165) is 26.9 Å². The first-order chi connectivity index (χ1) is 14.6. The summed E-state index contributed by atoms with van der Waals surface area (Å²) < 4.78 is 42.4. The molecule has 8 heteroatoms. The Labute approximate surface area is 178 Å². The zero-order chi connectivity index (χ0) is 22.3. The number of hydrogen-bond donors (Lipinski definition) is 2. The van der Waals surface area contributed by atoms with Gasteiger partial charge in [-0.25, -0.2) is 4.68 Å². The molecule has 1 aromatic heterocycles. The first-order valence-corrected chi connectivity index (χ1v) is 9.99. The van der Waals surface area contributed by atoms with Crippen LogP contribution in [0, 0.1) is 20.8 Å². The Morgan fingerprint density at radius 2 is 1.71 bits per heavy atom. The summed E-state index contributed by atoms with van der Waals surface area (Å²) in [5, 5.41) is 9.81. The zero-order valence-corrected chi connectivity index (χ0v) is 17.4. The van der Waals surface area contributed by atoms with Gasteiger partial charge in [-0.15, -0.1) is 0 Å². The lowest BCUT2D eigenvalue weighted by molar-refractivity contribution is -0.173. The standard InChI is InChI=1S/C23H23F3N4O/c1-13-4-6-16(7-5-13)19-11-20(23(24,25)26)30-21(29-19)18(12-27-30)22(31)28-17-9-14(2)8-15(3)10-17/h4-10,12,19-20,29H,11H2,1-3H3,(H,28,31).